The number of methoxy groups -OCH3 is 1. The Morgan fingerprint density at radius 1 is 1.16 bits per heavy atom. The number of ether oxygens (including phenoxy) is 1. The predicted molar refractivity (Wildman–Crippen MR) is 117 cm³/mol. The van der Waals surface area contributed by atoms with Crippen LogP contribution in [0.25, 0.3) is 16.6 Å². The zero-order valence-corrected chi connectivity index (χ0v) is 17.0. The number of hydrogen-bond donors (Lipinski definition) is 1. The molecule has 8 heteroatoms. The number of fused-ring (bicyclic) bond motifs is 1. The van der Waals surface area contributed by atoms with Gasteiger partial charge in [-0.3, -0.25) is 9.59 Å². The fraction of sp³-hybridized carbons (Fsp3) is 0.217. The maximum Gasteiger partial charge on any atom is 0.293 e. The summed E-state index contributed by atoms with van der Waals surface area (Å²) in [6, 6.07) is 16.5. The van der Waals surface area contributed by atoms with Crippen LogP contribution in [0.5, 0.6) is 5.75 Å². The van der Waals surface area contributed by atoms with Gasteiger partial charge in [0.1, 0.15) is 17.8 Å². The molecular formula is C23H21N5O3. The Kier molecular flexibility index (Phi) is 4.74. The summed E-state index contributed by atoms with van der Waals surface area (Å²) in [6.07, 6.45) is 3.74. The second-order valence-electron chi connectivity index (χ2n) is 7.56. The van der Waals surface area contributed by atoms with Crippen molar-refractivity contribution in [2.45, 2.75) is 25.3 Å². The van der Waals surface area contributed by atoms with Gasteiger partial charge in [0.15, 0.2) is 0 Å². The molecule has 156 valence electrons. The van der Waals surface area contributed by atoms with E-state index in [2.05, 4.69) is 15.5 Å². The van der Waals surface area contributed by atoms with Gasteiger partial charge in [0.2, 0.25) is 5.91 Å². The first-order valence-corrected chi connectivity index (χ1v) is 10.1. The SMILES string of the molecule is COc1cccc(NC(=O)Cn2nc(C3CC3)c3cnn(-c4ccccc4)c3c2=O)c1. The average Bonchev–Trinajstić information content (AvgIpc) is 3.54. The highest BCUT2D eigenvalue weighted by Crippen LogP contribution is 2.41. The summed E-state index contributed by atoms with van der Waals surface area (Å²) in [4.78, 5) is 26.0. The molecule has 0 aliphatic heterocycles. The molecule has 0 saturated heterocycles. The van der Waals surface area contributed by atoms with Gasteiger partial charge in [-0.25, -0.2) is 9.36 Å². The molecular weight excluding hydrogens is 394 g/mol. The van der Waals surface area contributed by atoms with E-state index >= 15 is 0 Å². The molecule has 8 nitrogen and oxygen atoms in total. The number of aromatic nitrogens is 4. The van der Waals surface area contributed by atoms with Crippen LogP contribution < -0.4 is 15.6 Å². The molecule has 1 aliphatic carbocycles. The highest BCUT2D eigenvalue weighted by atomic mass is 16.5. The van der Waals surface area contributed by atoms with Gasteiger partial charge < -0.3 is 10.1 Å². The van der Waals surface area contributed by atoms with E-state index in [1.807, 2.05) is 30.3 Å². The third-order valence-electron chi connectivity index (χ3n) is 5.32. The van der Waals surface area contributed by atoms with Gasteiger partial charge in [-0.15, -0.1) is 0 Å². The molecule has 1 aliphatic rings. The van der Waals surface area contributed by atoms with Crippen LogP contribution in [0, 0.1) is 0 Å². The normalized spacial score (nSPS) is 13.3. The van der Waals surface area contributed by atoms with E-state index in [1.165, 1.54) is 4.68 Å². The fourth-order valence-corrected chi connectivity index (χ4v) is 3.66. The summed E-state index contributed by atoms with van der Waals surface area (Å²) in [5, 5.41) is 12.6. The number of amides is 1. The van der Waals surface area contributed by atoms with Crippen LogP contribution in [0.4, 0.5) is 5.69 Å². The van der Waals surface area contributed by atoms with Crippen LogP contribution in [0.1, 0.15) is 24.5 Å². The summed E-state index contributed by atoms with van der Waals surface area (Å²) < 4.78 is 8.06. The largest absolute Gasteiger partial charge is 0.497 e. The van der Waals surface area contributed by atoms with Crippen LogP contribution in [0.3, 0.4) is 0 Å². The molecule has 0 unspecified atom stereocenters. The number of para-hydroxylation sites is 1. The fourth-order valence-electron chi connectivity index (χ4n) is 3.66. The van der Waals surface area contributed by atoms with Crippen molar-refractivity contribution < 1.29 is 9.53 Å². The molecule has 2 aromatic heterocycles. The Bertz CT molecular complexity index is 1320. The lowest BCUT2D eigenvalue weighted by atomic mass is 10.2. The van der Waals surface area contributed by atoms with E-state index in [4.69, 9.17) is 4.74 Å². The van der Waals surface area contributed by atoms with Crippen LogP contribution in [-0.4, -0.2) is 32.6 Å². The lowest BCUT2D eigenvalue weighted by Gasteiger charge is -2.11. The Morgan fingerprint density at radius 3 is 2.71 bits per heavy atom. The van der Waals surface area contributed by atoms with Crippen LogP contribution in [0.2, 0.25) is 0 Å². The van der Waals surface area contributed by atoms with Gasteiger partial charge in [-0.05, 0) is 37.1 Å². The quantitative estimate of drug-likeness (QED) is 0.523. The molecule has 0 spiro atoms. The lowest BCUT2D eigenvalue weighted by molar-refractivity contribution is -0.117. The Labute approximate surface area is 178 Å². The van der Waals surface area contributed by atoms with Gasteiger partial charge in [0.05, 0.1) is 24.7 Å². The van der Waals surface area contributed by atoms with Crippen molar-refractivity contribution in [1.82, 2.24) is 19.6 Å². The highest BCUT2D eigenvalue weighted by Gasteiger charge is 2.30. The number of carbonyl (C=O) groups is 1. The minimum absolute atomic E-state index is 0.189. The van der Waals surface area contributed by atoms with E-state index in [9.17, 15) is 9.59 Å². The minimum Gasteiger partial charge on any atom is -0.497 e. The van der Waals surface area contributed by atoms with Crippen LogP contribution >= 0.6 is 0 Å². The van der Waals surface area contributed by atoms with Crippen LogP contribution in [0.15, 0.2) is 65.6 Å². The van der Waals surface area contributed by atoms with E-state index in [-0.39, 0.29) is 18.0 Å². The summed E-state index contributed by atoms with van der Waals surface area (Å²) in [5.41, 5.74) is 2.30. The molecule has 1 fully saturated rings. The summed E-state index contributed by atoms with van der Waals surface area (Å²) in [6.45, 7) is -0.189. The van der Waals surface area contributed by atoms with E-state index in [0.29, 0.717) is 22.9 Å². The number of nitrogens with one attached hydrogen (secondary N) is 1. The maximum absolute atomic E-state index is 13.3. The van der Waals surface area contributed by atoms with Crippen LogP contribution in [-0.2, 0) is 11.3 Å². The van der Waals surface area contributed by atoms with E-state index in [0.717, 1.165) is 29.6 Å². The molecule has 1 saturated carbocycles. The maximum atomic E-state index is 13.3. The number of nitrogens with zero attached hydrogens (tertiary/aromatic N) is 4. The van der Waals surface area contributed by atoms with Crippen molar-refractivity contribution >= 4 is 22.5 Å². The topological polar surface area (TPSA) is 91.0 Å². The standard InChI is InChI=1S/C23H21N5O3/c1-31-18-9-5-6-16(12-18)25-20(29)14-27-23(30)22-19(21(26-27)15-10-11-15)13-24-28(22)17-7-3-2-4-8-17/h2-9,12-13,15H,10-11,14H2,1H3,(H,25,29). The Balaban J connectivity index is 1.53. The van der Waals surface area contributed by atoms with Crippen molar-refractivity contribution in [3.05, 3.63) is 76.8 Å². The van der Waals surface area contributed by atoms with Gasteiger partial charge in [-0.2, -0.15) is 10.2 Å². The third-order valence-corrected chi connectivity index (χ3v) is 5.32. The van der Waals surface area contributed by atoms with Crippen molar-refractivity contribution in [2.75, 3.05) is 12.4 Å². The van der Waals surface area contributed by atoms with E-state index in [1.54, 1.807) is 42.3 Å². The van der Waals surface area contributed by atoms with Gasteiger partial charge in [0, 0.05) is 23.1 Å². The summed E-state index contributed by atoms with van der Waals surface area (Å²) in [5.74, 6) is 0.594. The van der Waals surface area contributed by atoms with Gasteiger partial charge >= 0.3 is 0 Å². The molecule has 31 heavy (non-hydrogen) atoms. The predicted octanol–water partition coefficient (Wildman–Crippen LogP) is 3.11. The number of carbonyl (C=O) groups excluding carboxylic acids is 1. The summed E-state index contributed by atoms with van der Waals surface area (Å²) >= 11 is 0. The molecule has 4 aromatic rings. The smallest absolute Gasteiger partial charge is 0.293 e. The number of benzene rings is 2. The Hall–Kier alpha value is -3.94. The first-order chi connectivity index (χ1) is 15.1. The second kappa shape index (κ2) is 7.71. The summed E-state index contributed by atoms with van der Waals surface area (Å²) in [7, 11) is 1.56. The third kappa shape index (κ3) is 3.68. The van der Waals surface area contributed by atoms with Crippen molar-refractivity contribution in [2.24, 2.45) is 0 Å². The number of anilines is 1. The van der Waals surface area contributed by atoms with E-state index < -0.39 is 0 Å². The zero-order valence-electron chi connectivity index (χ0n) is 17.0. The average molecular weight is 415 g/mol. The van der Waals surface area contributed by atoms with Gasteiger partial charge in [0.25, 0.3) is 5.56 Å². The first kappa shape index (κ1) is 19.0. The molecule has 0 radical (unpaired) electrons. The van der Waals surface area contributed by atoms with Crippen molar-refractivity contribution in [1.29, 1.82) is 0 Å². The second-order valence-corrected chi connectivity index (χ2v) is 7.56. The zero-order chi connectivity index (χ0) is 21.4. The monoisotopic (exact) mass is 415 g/mol. The number of rotatable bonds is 6. The molecule has 1 amide bonds. The number of hydrogen-bond acceptors (Lipinski definition) is 5. The van der Waals surface area contributed by atoms with Gasteiger partial charge in [-0.1, -0.05) is 24.3 Å². The lowest BCUT2D eigenvalue weighted by Crippen LogP contribution is -2.31. The molecule has 2 aromatic carbocycles. The van der Waals surface area contributed by atoms with Crippen molar-refractivity contribution in [3.8, 4) is 11.4 Å². The van der Waals surface area contributed by atoms with Crippen molar-refractivity contribution in [3.63, 3.8) is 0 Å². The molecule has 2 heterocycles. The molecule has 0 atom stereocenters. The molecule has 0 bridgehead atoms. The molecule has 5 rings (SSSR count). The highest BCUT2D eigenvalue weighted by molar-refractivity contribution is 5.91. The molecule has 1 N–H and O–H groups in total. The Morgan fingerprint density at radius 2 is 1.97 bits per heavy atom. The minimum atomic E-state index is -0.346. The first-order valence-electron chi connectivity index (χ1n) is 10.1.